The monoisotopic (exact) mass is 450 g/mol. The number of amidine groups is 1. The van der Waals surface area contributed by atoms with Crippen molar-refractivity contribution in [2.24, 2.45) is 10.8 Å². The number of nitrogens with one attached hydrogen (secondary N) is 1. The Hall–Kier alpha value is -3.20. The van der Waals surface area contributed by atoms with Crippen molar-refractivity contribution >= 4 is 15.9 Å². The van der Waals surface area contributed by atoms with Crippen LogP contribution in [-0.2, 0) is 23.0 Å². The van der Waals surface area contributed by atoms with E-state index in [2.05, 4.69) is 21.8 Å². The van der Waals surface area contributed by atoms with E-state index in [-0.39, 0.29) is 11.4 Å². The molecule has 32 heavy (non-hydrogen) atoms. The summed E-state index contributed by atoms with van der Waals surface area (Å²) in [6.07, 6.45) is 0.789. The van der Waals surface area contributed by atoms with E-state index in [1.54, 1.807) is 24.3 Å². The molecule has 0 radical (unpaired) electrons. The highest BCUT2D eigenvalue weighted by molar-refractivity contribution is 7.89. The predicted octanol–water partition coefficient (Wildman–Crippen LogP) is 2.70. The third-order valence-electron chi connectivity index (χ3n) is 5.35. The Labute approximate surface area is 188 Å². The Morgan fingerprint density at radius 2 is 1.53 bits per heavy atom. The summed E-state index contributed by atoms with van der Waals surface area (Å²) in [5, 5.41) is 1.68. The molecule has 0 aliphatic carbocycles. The molecule has 7 nitrogen and oxygen atoms in total. The average molecular weight is 451 g/mol. The summed E-state index contributed by atoms with van der Waals surface area (Å²) in [5.74, 6) is 7.38. The van der Waals surface area contributed by atoms with Crippen LogP contribution in [0.15, 0.2) is 82.7 Å². The number of benzene rings is 3. The molecular formula is C24H26N4O3S. The fourth-order valence-corrected chi connectivity index (χ4v) is 4.53. The second-order valence-electron chi connectivity index (χ2n) is 7.59. The second kappa shape index (κ2) is 9.52. The molecule has 0 bridgehead atoms. The summed E-state index contributed by atoms with van der Waals surface area (Å²) in [6.45, 7) is 1.71. The minimum atomic E-state index is -3.58. The zero-order chi connectivity index (χ0) is 22.6. The number of nitrogens with two attached hydrogens (primary N) is 1. The van der Waals surface area contributed by atoms with Crippen LogP contribution in [0.3, 0.4) is 0 Å². The summed E-state index contributed by atoms with van der Waals surface area (Å²) in [5.41, 5.74) is 4.25. The second-order valence-corrected chi connectivity index (χ2v) is 9.36. The molecule has 4 rings (SSSR count). The lowest BCUT2D eigenvalue weighted by Crippen LogP contribution is -2.34. The number of rotatable bonds is 8. The van der Waals surface area contributed by atoms with Crippen molar-refractivity contribution in [1.29, 1.82) is 0 Å². The molecule has 1 aliphatic rings. The third-order valence-corrected chi connectivity index (χ3v) is 6.77. The molecule has 3 aromatic rings. The SMILES string of the molecule is COc1ccc(S(=O)(=O)NCc2ccc(Cc3ccc(C4=NCCN4N)cc3)cc2)cc1. The van der Waals surface area contributed by atoms with Crippen molar-refractivity contribution < 1.29 is 13.2 Å². The molecule has 8 heteroatoms. The number of sulfonamides is 1. The van der Waals surface area contributed by atoms with E-state index in [0.29, 0.717) is 5.75 Å². The molecule has 0 atom stereocenters. The fourth-order valence-electron chi connectivity index (χ4n) is 3.52. The van der Waals surface area contributed by atoms with Gasteiger partial charge in [-0.25, -0.2) is 19.0 Å². The molecule has 0 saturated heterocycles. The Bertz CT molecular complexity index is 1190. The van der Waals surface area contributed by atoms with Crippen LogP contribution in [0.2, 0.25) is 0 Å². The average Bonchev–Trinajstić information content (AvgIpc) is 3.25. The number of nitrogens with zero attached hydrogens (tertiary/aromatic N) is 2. The summed E-state index contributed by atoms with van der Waals surface area (Å²) in [4.78, 5) is 4.64. The molecule has 0 amide bonds. The molecule has 3 N–H and O–H groups in total. The van der Waals surface area contributed by atoms with Gasteiger partial charge >= 0.3 is 0 Å². The van der Waals surface area contributed by atoms with Gasteiger partial charge in [-0.1, -0.05) is 48.5 Å². The lowest BCUT2D eigenvalue weighted by Gasteiger charge is -2.13. The molecule has 0 saturated carbocycles. The van der Waals surface area contributed by atoms with Gasteiger partial charge in [-0.3, -0.25) is 10.0 Å². The van der Waals surface area contributed by atoms with Crippen LogP contribution >= 0.6 is 0 Å². The third kappa shape index (κ3) is 5.16. The largest absolute Gasteiger partial charge is 0.497 e. The zero-order valence-electron chi connectivity index (χ0n) is 17.9. The minimum Gasteiger partial charge on any atom is -0.497 e. The summed E-state index contributed by atoms with van der Waals surface area (Å²) in [7, 11) is -2.04. The van der Waals surface area contributed by atoms with E-state index in [1.165, 1.54) is 17.7 Å². The highest BCUT2D eigenvalue weighted by Crippen LogP contribution is 2.17. The van der Waals surface area contributed by atoms with Crippen LogP contribution in [0, 0.1) is 0 Å². The van der Waals surface area contributed by atoms with Gasteiger partial charge in [-0.15, -0.1) is 0 Å². The first-order valence-corrected chi connectivity index (χ1v) is 11.8. The summed E-state index contributed by atoms with van der Waals surface area (Å²) >= 11 is 0. The van der Waals surface area contributed by atoms with Gasteiger partial charge in [0.2, 0.25) is 10.0 Å². The van der Waals surface area contributed by atoms with E-state index in [1.807, 2.05) is 36.4 Å². The van der Waals surface area contributed by atoms with Crippen LogP contribution in [-0.4, -0.2) is 39.5 Å². The van der Waals surface area contributed by atoms with Crippen molar-refractivity contribution in [2.75, 3.05) is 20.2 Å². The van der Waals surface area contributed by atoms with Crippen molar-refractivity contribution in [3.05, 3.63) is 95.1 Å². The zero-order valence-corrected chi connectivity index (χ0v) is 18.7. The van der Waals surface area contributed by atoms with E-state index in [9.17, 15) is 8.42 Å². The molecule has 0 unspecified atom stereocenters. The van der Waals surface area contributed by atoms with Crippen LogP contribution in [0.5, 0.6) is 5.75 Å². The topological polar surface area (TPSA) is 97.0 Å². The first-order valence-electron chi connectivity index (χ1n) is 10.3. The Kier molecular flexibility index (Phi) is 6.55. The van der Waals surface area contributed by atoms with Crippen LogP contribution in [0.25, 0.3) is 0 Å². The highest BCUT2D eigenvalue weighted by atomic mass is 32.2. The van der Waals surface area contributed by atoms with Gasteiger partial charge in [-0.05, 0) is 47.4 Å². The fraction of sp³-hybridized carbons (Fsp3) is 0.208. The van der Waals surface area contributed by atoms with E-state index >= 15 is 0 Å². The maximum absolute atomic E-state index is 12.5. The van der Waals surface area contributed by atoms with Gasteiger partial charge in [0.25, 0.3) is 0 Å². The predicted molar refractivity (Wildman–Crippen MR) is 125 cm³/mol. The quantitative estimate of drug-likeness (QED) is 0.515. The van der Waals surface area contributed by atoms with Crippen molar-refractivity contribution in [3.63, 3.8) is 0 Å². The van der Waals surface area contributed by atoms with Crippen molar-refractivity contribution in [2.45, 2.75) is 17.9 Å². The maximum atomic E-state index is 12.5. The first-order chi connectivity index (χ1) is 15.4. The van der Waals surface area contributed by atoms with Crippen molar-refractivity contribution in [1.82, 2.24) is 9.73 Å². The molecule has 1 heterocycles. The molecule has 3 aromatic carbocycles. The summed E-state index contributed by atoms with van der Waals surface area (Å²) < 4.78 is 32.7. The van der Waals surface area contributed by atoms with Gasteiger partial charge in [0.05, 0.1) is 25.1 Å². The number of aliphatic imine (C=N–C) groups is 1. The Morgan fingerprint density at radius 3 is 2.09 bits per heavy atom. The number of methoxy groups -OCH3 is 1. The minimum absolute atomic E-state index is 0.208. The Morgan fingerprint density at radius 1 is 0.938 bits per heavy atom. The van der Waals surface area contributed by atoms with Crippen LogP contribution in [0.4, 0.5) is 0 Å². The van der Waals surface area contributed by atoms with Gasteiger partial charge < -0.3 is 4.74 Å². The number of ether oxygens (including phenoxy) is 1. The first kappa shape index (κ1) is 22.0. The van der Waals surface area contributed by atoms with E-state index in [4.69, 9.17) is 10.6 Å². The number of hydrazine groups is 1. The van der Waals surface area contributed by atoms with Crippen LogP contribution in [0.1, 0.15) is 22.3 Å². The number of hydrogen-bond acceptors (Lipinski definition) is 6. The molecule has 0 spiro atoms. The smallest absolute Gasteiger partial charge is 0.240 e. The van der Waals surface area contributed by atoms with Gasteiger partial charge in [0, 0.05) is 12.1 Å². The molecule has 0 fully saturated rings. The molecular weight excluding hydrogens is 424 g/mol. The molecule has 0 aromatic heterocycles. The van der Waals surface area contributed by atoms with Gasteiger partial charge in [-0.2, -0.15) is 0 Å². The molecule has 166 valence electrons. The van der Waals surface area contributed by atoms with Crippen LogP contribution < -0.4 is 15.3 Å². The van der Waals surface area contributed by atoms with Gasteiger partial charge in [0.1, 0.15) is 11.6 Å². The van der Waals surface area contributed by atoms with E-state index in [0.717, 1.165) is 42.0 Å². The maximum Gasteiger partial charge on any atom is 0.240 e. The summed E-state index contributed by atoms with van der Waals surface area (Å²) in [6, 6.07) is 22.5. The normalized spacial score (nSPS) is 13.8. The Balaban J connectivity index is 1.34. The highest BCUT2D eigenvalue weighted by Gasteiger charge is 2.15. The lowest BCUT2D eigenvalue weighted by molar-refractivity contribution is 0.414. The standard InChI is InChI=1S/C24H26N4O3S/c1-31-22-10-12-23(13-11-22)32(29,30)27-17-20-4-2-18(3-5-20)16-19-6-8-21(9-7-19)24-26-14-15-28(24)25/h2-13,27H,14-17,25H2,1H3. The molecule has 1 aliphatic heterocycles. The lowest BCUT2D eigenvalue weighted by atomic mass is 10.0. The van der Waals surface area contributed by atoms with Gasteiger partial charge in [0.15, 0.2) is 0 Å². The number of hydrogen-bond donors (Lipinski definition) is 2. The van der Waals surface area contributed by atoms with E-state index < -0.39 is 10.0 Å². The van der Waals surface area contributed by atoms with Crippen molar-refractivity contribution in [3.8, 4) is 5.75 Å².